The third kappa shape index (κ3) is 3.18. The van der Waals surface area contributed by atoms with Crippen LogP contribution in [0, 0.1) is 0 Å². The molecule has 76 valence electrons. The molecule has 0 atom stereocenters. The van der Waals surface area contributed by atoms with E-state index in [0.717, 1.165) is 0 Å². The third-order valence-electron chi connectivity index (χ3n) is 0.964. The summed E-state index contributed by atoms with van der Waals surface area (Å²) in [4.78, 5) is -3.93. The Bertz CT molecular complexity index is 230. The Morgan fingerprint density at radius 2 is 1.31 bits per heavy atom. The van der Waals surface area contributed by atoms with E-state index >= 15 is 0 Å². The minimum atomic E-state index is -5.12. The zero-order chi connectivity index (χ0) is 10.9. The van der Waals surface area contributed by atoms with Gasteiger partial charge in [0, 0.05) is 0 Å². The molecule has 0 nitrogen and oxygen atoms in total. The van der Waals surface area contributed by atoms with E-state index in [1.807, 2.05) is 0 Å². The molecular weight excluding hydrogens is 238 g/mol. The highest BCUT2D eigenvalue weighted by Gasteiger charge is 2.46. The Morgan fingerprint density at radius 1 is 0.923 bits per heavy atom. The molecule has 0 aliphatic heterocycles. The van der Waals surface area contributed by atoms with Gasteiger partial charge in [-0.05, 0) is 0 Å². The van der Waals surface area contributed by atoms with Crippen molar-refractivity contribution in [2.45, 2.75) is 12.1 Å². The summed E-state index contributed by atoms with van der Waals surface area (Å²) in [5, 5.41) is 0. The van der Waals surface area contributed by atoms with Crippen LogP contribution < -0.4 is 0 Å². The predicted octanol–water partition coefficient (Wildman–Crippen LogP) is 2.89. The molecule has 0 aliphatic rings. The molecule has 13 heavy (non-hydrogen) atoms. The maximum atomic E-state index is 12.2. The minimum absolute atomic E-state index is 1.88. The summed E-state index contributed by atoms with van der Waals surface area (Å²) < 4.78 is 71.0. The zero-order valence-electron chi connectivity index (χ0n) is 5.79. The van der Waals surface area contributed by atoms with Crippen LogP contribution in [0.4, 0.5) is 26.3 Å². The number of hydrogen-bond acceptors (Lipinski definition) is 2. The van der Waals surface area contributed by atoms with Gasteiger partial charge in [-0.3, -0.25) is 0 Å². The van der Waals surface area contributed by atoms with Crippen molar-refractivity contribution >= 4 is 34.2 Å². The molecule has 0 saturated heterocycles. The lowest BCUT2D eigenvalue weighted by Gasteiger charge is -2.15. The summed E-state index contributed by atoms with van der Waals surface area (Å²) in [5.74, 6) is -4.32. The molecule has 0 bridgehead atoms. The quantitative estimate of drug-likeness (QED) is 0.549. The molecule has 0 radical (unpaired) electrons. The van der Waals surface area contributed by atoms with E-state index < -0.39 is 28.5 Å². The predicted molar refractivity (Wildman–Crippen MR) is 42.2 cm³/mol. The summed E-state index contributed by atoms with van der Waals surface area (Å²) >= 11 is 7.32. The van der Waals surface area contributed by atoms with Gasteiger partial charge in [0.25, 0.3) is 0 Å². The monoisotopic (exact) mass is 240 g/mol. The van der Waals surface area contributed by atoms with Crippen LogP contribution in [0.2, 0.25) is 0 Å². The maximum Gasteiger partial charge on any atom is 0.427 e. The van der Waals surface area contributed by atoms with Gasteiger partial charge in [0.1, 0.15) is 9.73 Å². The molecule has 0 amide bonds. The van der Waals surface area contributed by atoms with Crippen molar-refractivity contribution in [3.05, 3.63) is 0 Å². The van der Waals surface area contributed by atoms with E-state index in [-0.39, 0.29) is 0 Å². The van der Waals surface area contributed by atoms with Crippen molar-refractivity contribution in [1.29, 1.82) is 0 Å². The molecule has 0 N–H and O–H groups in total. The molecule has 0 aromatic carbocycles. The van der Waals surface area contributed by atoms with Crippen molar-refractivity contribution < 1.29 is 26.3 Å². The van der Waals surface area contributed by atoms with Gasteiger partial charge in [-0.15, -0.1) is 0 Å². The average Bonchev–Trinajstić information content (AvgIpc) is 2.00. The van der Waals surface area contributed by atoms with Crippen molar-refractivity contribution in [2.75, 3.05) is 6.67 Å². The SMILES string of the molecule is FCC(F)(F)C(=S)C(=S)C(F)(F)F. The molecule has 0 heterocycles. The Morgan fingerprint density at radius 3 is 1.54 bits per heavy atom. The van der Waals surface area contributed by atoms with Crippen LogP contribution in [-0.2, 0) is 0 Å². The largest absolute Gasteiger partial charge is 0.427 e. The lowest BCUT2D eigenvalue weighted by Crippen LogP contribution is -2.41. The van der Waals surface area contributed by atoms with Gasteiger partial charge < -0.3 is 0 Å². The minimum Gasteiger partial charge on any atom is -0.244 e. The number of hydrogen-bond donors (Lipinski definition) is 0. The van der Waals surface area contributed by atoms with Crippen LogP contribution in [0.15, 0.2) is 0 Å². The third-order valence-corrected chi connectivity index (χ3v) is 2.03. The van der Waals surface area contributed by atoms with Gasteiger partial charge in [0.2, 0.25) is 0 Å². The van der Waals surface area contributed by atoms with Crippen LogP contribution in [0.1, 0.15) is 0 Å². The number of alkyl halides is 6. The van der Waals surface area contributed by atoms with E-state index in [1.165, 1.54) is 0 Å². The molecule has 0 aromatic rings. The van der Waals surface area contributed by atoms with Crippen LogP contribution in [0.5, 0.6) is 0 Å². The highest BCUT2D eigenvalue weighted by Crippen LogP contribution is 2.26. The van der Waals surface area contributed by atoms with Gasteiger partial charge in [-0.25, -0.2) is 4.39 Å². The summed E-state index contributed by atoms with van der Waals surface area (Å²) in [5.41, 5.74) is 0. The molecule has 0 saturated carbocycles. The van der Waals surface area contributed by atoms with Gasteiger partial charge >= 0.3 is 12.1 Å². The van der Waals surface area contributed by atoms with Crippen LogP contribution >= 0.6 is 24.4 Å². The van der Waals surface area contributed by atoms with Gasteiger partial charge in [0.05, 0.1) is 0 Å². The van der Waals surface area contributed by atoms with E-state index in [0.29, 0.717) is 0 Å². The Hall–Kier alpha value is -0.240. The second-order valence-electron chi connectivity index (χ2n) is 1.99. The highest BCUT2D eigenvalue weighted by molar-refractivity contribution is 7.89. The molecule has 0 aromatic heterocycles. The van der Waals surface area contributed by atoms with Gasteiger partial charge in [-0.1, -0.05) is 24.4 Å². The summed E-state index contributed by atoms with van der Waals surface area (Å²) in [6, 6.07) is 0. The van der Waals surface area contributed by atoms with Crippen LogP contribution in [-0.4, -0.2) is 28.5 Å². The first-order chi connectivity index (χ1) is 5.63. The lowest BCUT2D eigenvalue weighted by molar-refractivity contribution is -0.0556. The topological polar surface area (TPSA) is 0 Å². The van der Waals surface area contributed by atoms with E-state index in [1.54, 1.807) is 0 Å². The number of rotatable bonds is 3. The molecule has 0 unspecified atom stereocenters. The van der Waals surface area contributed by atoms with Crippen molar-refractivity contribution in [1.82, 2.24) is 0 Å². The van der Waals surface area contributed by atoms with Gasteiger partial charge in [0.15, 0.2) is 6.67 Å². The van der Waals surface area contributed by atoms with Crippen LogP contribution in [0.3, 0.4) is 0 Å². The van der Waals surface area contributed by atoms with Crippen molar-refractivity contribution in [2.24, 2.45) is 0 Å². The number of halogens is 6. The Kier molecular flexibility index (Phi) is 3.80. The molecule has 0 spiro atoms. The second kappa shape index (κ2) is 3.87. The van der Waals surface area contributed by atoms with E-state index in [2.05, 4.69) is 24.4 Å². The fourth-order valence-corrected chi connectivity index (χ4v) is 0.675. The molecule has 0 aliphatic carbocycles. The summed E-state index contributed by atoms with van der Waals surface area (Å²) in [6.45, 7) is -2.29. The van der Waals surface area contributed by atoms with Crippen molar-refractivity contribution in [3.63, 3.8) is 0 Å². The standard InChI is InChI=1S/C5H2F6S2/c6-1-4(7,8)2(12)3(13)5(9,10)11/h1H2. The fraction of sp³-hybridized carbons (Fsp3) is 0.600. The Labute approximate surface area is 79.9 Å². The number of thiocarbonyl (C=S) groups is 2. The lowest BCUT2D eigenvalue weighted by atomic mass is 10.2. The smallest absolute Gasteiger partial charge is 0.244 e. The molecule has 0 fully saturated rings. The van der Waals surface area contributed by atoms with Crippen LogP contribution in [0.25, 0.3) is 0 Å². The summed E-state index contributed by atoms with van der Waals surface area (Å²) in [6.07, 6.45) is -5.12. The van der Waals surface area contributed by atoms with Crippen molar-refractivity contribution in [3.8, 4) is 0 Å². The summed E-state index contributed by atoms with van der Waals surface area (Å²) in [7, 11) is 0. The maximum absolute atomic E-state index is 12.2. The first-order valence-corrected chi connectivity index (χ1v) is 3.54. The first-order valence-electron chi connectivity index (χ1n) is 2.72. The molecule has 0 rings (SSSR count). The zero-order valence-corrected chi connectivity index (χ0v) is 7.42. The van der Waals surface area contributed by atoms with Gasteiger partial charge in [-0.2, -0.15) is 22.0 Å². The average molecular weight is 240 g/mol. The normalized spacial score (nSPS) is 12.8. The van der Waals surface area contributed by atoms with E-state index in [4.69, 9.17) is 0 Å². The fourth-order valence-electron chi connectivity index (χ4n) is 0.356. The Balaban J connectivity index is 4.74. The molecule has 8 heteroatoms. The molecular formula is C5H2F6S2. The first kappa shape index (κ1) is 12.8. The highest BCUT2D eigenvalue weighted by atomic mass is 32.1. The second-order valence-corrected chi connectivity index (χ2v) is 2.81. The van der Waals surface area contributed by atoms with E-state index in [9.17, 15) is 26.3 Å².